The minimum atomic E-state index is 0.288. The first-order chi connectivity index (χ1) is 8.75. The second kappa shape index (κ2) is 6.55. The van der Waals surface area contributed by atoms with E-state index in [0.29, 0.717) is 5.78 Å². The zero-order chi connectivity index (χ0) is 12.8. The van der Waals surface area contributed by atoms with E-state index < -0.39 is 0 Å². The highest BCUT2D eigenvalue weighted by Crippen LogP contribution is 2.17. The van der Waals surface area contributed by atoms with Crippen molar-refractivity contribution < 1.29 is 9.53 Å². The number of ketones is 1. The average Bonchev–Trinajstić information content (AvgIpc) is 2.40. The van der Waals surface area contributed by atoms with Gasteiger partial charge in [-0.15, -0.1) is 0 Å². The van der Waals surface area contributed by atoms with Crippen molar-refractivity contribution in [3.05, 3.63) is 30.3 Å². The summed E-state index contributed by atoms with van der Waals surface area (Å²) in [5.74, 6) is 1.56. The van der Waals surface area contributed by atoms with E-state index in [-0.39, 0.29) is 5.92 Å². The highest BCUT2D eigenvalue weighted by Gasteiger charge is 2.21. The topological polar surface area (TPSA) is 29.5 Å². The van der Waals surface area contributed by atoms with Crippen molar-refractivity contribution in [3.8, 4) is 5.75 Å². The van der Waals surface area contributed by atoms with Gasteiger partial charge in [-0.05, 0) is 45.0 Å². The van der Waals surface area contributed by atoms with Crippen LogP contribution in [0.4, 0.5) is 0 Å². The summed E-state index contributed by atoms with van der Waals surface area (Å²) >= 11 is 0. The number of para-hydroxylation sites is 1. The maximum Gasteiger partial charge on any atom is 0.133 e. The molecule has 1 fully saturated rings. The molecule has 1 aliphatic heterocycles. The lowest BCUT2D eigenvalue weighted by molar-refractivity contribution is -0.122. The van der Waals surface area contributed by atoms with Crippen molar-refractivity contribution in [2.45, 2.75) is 19.8 Å². The zero-order valence-corrected chi connectivity index (χ0v) is 11.0. The minimum absolute atomic E-state index is 0.288. The van der Waals surface area contributed by atoms with Crippen LogP contribution >= 0.6 is 0 Å². The van der Waals surface area contributed by atoms with Gasteiger partial charge < -0.3 is 4.74 Å². The van der Waals surface area contributed by atoms with Gasteiger partial charge in [0.1, 0.15) is 18.1 Å². The van der Waals surface area contributed by atoms with E-state index in [1.807, 2.05) is 30.3 Å². The van der Waals surface area contributed by atoms with Gasteiger partial charge in [-0.1, -0.05) is 18.2 Å². The van der Waals surface area contributed by atoms with E-state index >= 15 is 0 Å². The number of hydrogen-bond acceptors (Lipinski definition) is 3. The standard InChI is InChI=1S/C15H21NO2/c1-13(17)14-7-9-16(10-8-14)11-12-18-15-5-3-2-4-6-15/h2-6,14H,7-12H2,1H3. The van der Waals surface area contributed by atoms with Crippen molar-refractivity contribution in [2.24, 2.45) is 5.92 Å². The third kappa shape index (κ3) is 3.84. The SMILES string of the molecule is CC(=O)C1CCN(CCOc2ccccc2)CC1. The molecule has 1 aliphatic rings. The van der Waals surface area contributed by atoms with Crippen molar-refractivity contribution in [1.29, 1.82) is 0 Å². The minimum Gasteiger partial charge on any atom is -0.492 e. The summed E-state index contributed by atoms with van der Waals surface area (Å²) in [5, 5.41) is 0. The van der Waals surface area contributed by atoms with Crippen molar-refractivity contribution in [3.63, 3.8) is 0 Å². The lowest BCUT2D eigenvalue weighted by Crippen LogP contribution is -2.38. The Balaban J connectivity index is 1.65. The molecule has 2 rings (SSSR count). The van der Waals surface area contributed by atoms with E-state index in [0.717, 1.165) is 44.8 Å². The second-order valence-corrected chi connectivity index (χ2v) is 4.89. The summed E-state index contributed by atoms with van der Waals surface area (Å²) in [6.45, 7) is 5.40. The van der Waals surface area contributed by atoms with Gasteiger partial charge in [0.05, 0.1) is 0 Å². The third-order valence-corrected chi connectivity index (χ3v) is 3.58. The number of Topliss-reactive ketones (excluding diaryl/α,β-unsaturated/α-hetero) is 1. The quantitative estimate of drug-likeness (QED) is 0.800. The molecule has 0 radical (unpaired) electrons. The number of carbonyl (C=O) groups is 1. The van der Waals surface area contributed by atoms with Gasteiger partial charge in [0.15, 0.2) is 0 Å². The summed E-state index contributed by atoms with van der Waals surface area (Å²) in [6, 6.07) is 9.89. The fourth-order valence-electron chi connectivity index (χ4n) is 2.37. The Bertz CT molecular complexity index is 369. The van der Waals surface area contributed by atoms with Crippen LogP contribution in [0.25, 0.3) is 0 Å². The molecular weight excluding hydrogens is 226 g/mol. The Labute approximate surface area is 109 Å². The zero-order valence-electron chi connectivity index (χ0n) is 11.0. The first-order valence-corrected chi connectivity index (χ1v) is 6.66. The predicted molar refractivity (Wildman–Crippen MR) is 71.8 cm³/mol. The molecule has 0 atom stereocenters. The lowest BCUT2D eigenvalue weighted by Gasteiger charge is -2.30. The Kier molecular flexibility index (Phi) is 4.76. The maximum atomic E-state index is 11.3. The molecule has 18 heavy (non-hydrogen) atoms. The van der Waals surface area contributed by atoms with Gasteiger partial charge >= 0.3 is 0 Å². The van der Waals surface area contributed by atoms with Crippen LogP contribution in [0, 0.1) is 5.92 Å². The molecule has 0 aromatic heterocycles. The third-order valence-electron chi connectivity index (χ3n) is 3.58. The summed E-state index contributed by atoms with van der Waals surface area (Å²) in [4.78, 5) is 13.6. The van der Waals surface area contributed by atoms with Crippen molar-refractivity contribution in [1.82, 2.24) is 4.90 Å². The fourth-order valence-corrected chi connectivity index (χ4v) is 2.37. The predicted octanol–water partition coefficient (Wildman–Crippen LogP) is 2.37. The Morgan fingerprint density at radius 1 is 1.28 bits per heavy atom. The van der Waals surface area contributed by atoms with Gasteiger partial charge in [-0.3, -0.25) is 9.69 Å². The van der Waals surface area contributed by atoms with Crippen LogP contribution in [0.1, 0.15) is 19.8 Å². The summed E-state index contributed by atoms with van der Waals surface area (Å²) in [6.07, 6.45) is 2.00. The molecule has 1 saturated heterocycles. The number of carbonyl (C=O) groups excluding carboxylic acids is 1. The van der Waals surface area contributed by atoms with Gasteiger partial charge in [0.2, 0.25) is 0 Å². The highest BCUT2D eigenvalue weighted by molar-refractivity contribution is 5.78. The fraction of sp³-hybridized carbons (Fsp3) is 0.533. The molecule has 0 spiro atoms. The van der Waals surface area contributed by atoms with E-state index in [1.165, 1.54) is 0 Å². The van der Waals surface area contributed by atoms with Crippen LogP contribution in [0.2, 0.25) is 0 Å². The van der Waals surface area contributed by atoms with E-state index in [4.69, 9.17) is 4.74 Å². The number of ether oxygens (including phenoxy) is 1. The normalized spacial score (nSPS) is 17.6. The summed E-state index contributed by atoms with van der Waals surface area (Å²) in [7, 11) is 0. The Morgan fingerprint density at radius 3 is 2.56 bits per heavy atom. The second-order valence-electron chi connectivity index (χ2n) is 4.89. The van der Waals surface area contributed by atoms with Gasteiger partial charge in [-0.25, -0.2) is 0 Å². The van der Waals surface area contributed by atoms with Gasteiger partial charge in [0.25, 0.3) is 0 Å². The smallest absolute Gasteiger partial charge is 0.133 e. The van der Waals surface area contributed by atoms with E-state index in [9.17, 15) is 4.79 Å². The van der Waals surface area contributed by atoms with Crippen LogP contribution in [-0.4, -0.2) is 36.9 Å². The first-order valence-electron chi connectivity index (χ1n) is 6.66. The molecule has 1 heterocycles. The molecule has 0 N–H and O–H groups in total. The number of hydrogen-bond donors (Lipinski definition) is 0. The van der Waals surface area contributed by atoms with Crippen LogP contribution in [0.5, 0.6) is 5.75 Å². The molecule has 1 aromatic rings. The molecule has 3 heteroatoms. The molecule has 0 bridgehead atoms. The van der Waals surface area contributed by atoms with Crippen LogP contribution in [-0.2, 0) is 4.79 Å². The van der Waals surface area contributed by atoms with Crippen molar-refractivity contribution >= 4 is 5.78 Å². The lowest BCUT2D eigenvalue weighted by atomic mass is 9.93. The van der Waals surface area contributed by atoms with Gasteiger partial charge in [0, 0.05) is 12.5 Å². The molecule has 0 amide bonds. The number of piperidine rings is 1. The monoisotopic (exact) mass is 247 g/mol. The largest absolute Gasteiger partial charge is 0.492 e. The van der Waals surface area contributed by atoms with E-state index in [1.54, 1.807) is 6.92 Å². The Hall–Kier alpha value is -1.35. The van der Waals surface area contributed by atoms with Crippen LogP contribution in [0.3, 0.4) is 0 Å². The van der Waals surface area contributed by atoms with Crippen LogP contribution < -0.4 is 4.74 Å². The summed E-state index contributed by atoms with van der Waals surface area (Å²) in [5.41, 5.74) is 0. The Morgan fingerprint density at radius 2 is 1.94 bits per heavy atom. The van der Waals surface area contributed by atoms with E-state index in [2.05, 4.69) is 4.90 Å². The molecule has 0 saturated carbocycles. The molecule has 0 aliphatic carbocycles. The molecule has 0 unspecified atom stereocenters. The van der Waals surface area contributed by atoms with Crippen LogP contribution in [0.15, 0.2) is 30.3 Å². The van der Waals surface area contributed by atoms with Crippen molar-refractivity contribution in [2.75, 3.05) is 26.2 Å². The van der Waals surface area contributed by atoms with Gasteiger partial charge in [-0.2, -0.15) is 0 Å². The summed E-state index contributed by atoms with van der Waals surface area (Å²) < 4.78 is 5.67. The number of nitrogens with zero attached hydrogens (tertiary/aromatic N) is 1. The highest BCUT2D eigenvalue weighted by atomic mass is 16.5. The molecular formula is C15H21NO2. The molecule has 98 valence electrons. The molecule has 3 nitrogen and oxygen atoms in total. The maximum absolute atomic E-state index is 11.3. The average molecular weight is 247 g/mol. The number of likely N-dealkylation sites (tertiary alicyclic amines) is 1. The number of benzene rings is 1. The first kappa shape index (κ1) is 13.1. The molecule has 1 aromatic carbocycles. The number of rotatable bonds is 5.